The molecule has 0 radical (unpaired) electrons. The molecule has 0 saturated carbocycles. The van der Waals surface area contributed by atoms with Gasteiger partial charge in [0.05, 0.1) is 33.8 Å². The van der Waals surface area contributed by atoms with E-state index in [0.29, 0.717) is 22.8 Å². The van der Waals surface area contributed by atoms with Gasteiger partial charge in [-0.05, 0) is 30.3 Å². The van der Waals surface area contributed by atoms with Crippen LogP contribution in [0.15, 0.2) is 39.5 Å². The second-order valence-corrected chi connectivity index (χ2v) is 5.36. The maximum Gasteiger partial charge on any atom is 0.235 e. The topological polar surface area (TPSA) is 87.4 Å². The lowest BCUT2D eigenvalue weighted by Crippen LogP contribution is -2.04. The Morgan fingerprint density at radius 3 is 2.12 bits per heavy atom. The second kappa shape index (κ2) is 6.87. The third kappa shape index (κ3) is 2.67. The fraction of sp³-hybridized carbons (Fsp3) is 0.211. The quantitative estimate of drug-likeness (QED) is 0.749. The molecule has 26 heavy (non-hydrogen) atoms. The summed E-state index contributed by atoms with van der Waals surface area (Å²) in [5.41, 5.74) is 0.0560. The molecule has 0 spiro atoms. The van der Waals surface area contributed by atoms with Gasteiger partial charge in [-0.2, -0.15) is 0 Å². The first-order valence-electron chi connectivity index (χ1n) is 7.68. The van der Waals surface area contributed by atoms with E-state index < -0.39 is 11.2 Å². The van der Waals surface area contributed by atoms with Gasteiger partial charge in [0.15, 0.2) is 28.6 Å². The summed E-state index contributed by atoms with van der Waals surface area (Å²) < 4.78 is 26.9. The third-order valence-electron chi connectivity index (χ3n) is 4.02. The average molecular weight is 358 g/mol. The van der Waals surface area contributed by atoms with E-state index in [1.165, 1.54) is 34.5 Å². The standard InChI is InChI=1S/C19H18O7/c1-22-12-7-5-10(9-14(12)24-3)17-16(21)15(20)11-6-8-13(23-2)19(25-4)18(11)26-17/h5-9,21H,1-4H3. The molecule has 3 rings (SSSR count). The Labute approximate surface area is 149 Å². The Balaban J connectivity index is 2.33. The van der Waals surface area contributed by atoms with Gasteiger partial charge in [-0.15, -0.1) is 0 Å². The van der Waals surface area contributed by atoms with Gasteiger partial charge in [0.1, 0.15) is 0 Å². The largest absolute Gasteiger partial charge is 0.502 e. The molecule has 0 atom stereocenters. The van der Waals surface area contributed by atoms with Crippen LogP contribution in [0.2, 0.25) is 0 Å². The first-order valence-corrected chi connectivity index (χ1v) is 7.68. The van der Waals surface area contributed by atoms with Crippen molar-refractivity contribution in [3.63, 3.8) is 0 Å². The number of benzene rings is 2. The van der Waals surface area contributed by atoms with Gasteiger partial charge in [0, 0.05) is 5.56 Å². The highest BCUT2D eigenvalue weighted by Crippen LogP contribution is 2.40. The predicted octanol–water partition coefficient (Wildman–Crippen LogP) is 3.20. The van der Waals surface area contributed by atoms with E-state index in [1.807, 2.05) is 0 Å². The maximum atomic E-state index is 12.6. The summed E-state index contributed by atoms with van der Waals surface area (Å²) in [6.45, 7) is 0. The Morgan fingerprint density at radius 1 is 0.846 bits per heavy atom. The van der Waals surface area contributed by atoms with Crippen molar-refractivity contribution in [1.82, 2.24) is 0 Å². The van der Waals surface area contributed by atoms with Crippen LogP contribution >= 0.6 is 0 Å². The molecule has 1 N–H and O–H groups in total. The van der Waals surface area contributed by atoms with E-state index >= 15 is 0 Å². The zero-order valence-electron chi connectivity index (χ0n) is 14.8. The molecule has 0 fully saturated rings. The number of methoxy groups -OCH3 is 4. The highest BCUT2D eigenvalue weighted by molar-refractivity contribution is 5.88. The minimum absolute atomic E-state index is 0.00462. The van der Waals surface area contributed by atoms with Crippen LogP contribution in [-0.4, -0.2) is 33.5 Å². The molecule has 0 amide bonds. The average Bonchev–Trinajstić information content (AvgIpc) is 2.68. The van der Waals surface area contributed by atoms with Crippen LogP contribution in [0.4, 0.5) is 0 Å². The summed E-state index contributed by atoms with van der Waals surface area (Å²) in [6, 6.07) is 8.00. The minimum atomic E-state index is -0.572. The van der Waals surface area contributed by atoms with Gasteiger partial charge in [0.2, 0.25) is 16.9 Å². The summed E-state index contributed by atoms with van der Waals surface area (Å²) >= 11 is 0. The molecule has 136 valence electrons. The minimum Gasteiger partial charge on any atom is -0.502 e. The van der Waals surface area contributed by atoms with E-state index in [2.05, 4.69) is 0 Å². The first kappa shape index (κ1) is 17.5. The molecular formula is C19H18O7. The summed E-state index contributed by atoms with van der Waals surface area (Å²) in [4.78, 5) is 12.6. The second-order valence-electron chi connectivity index (χ2n) is 5.36. The van der Waals surface area contributed by atoms with Crippen LogP contribution in [0.3, 0.4) is 0 Å². The Bertz CT molecular complexity index is 1020. The van der Waals surface area contributed by atoms with Crippen molar-refractivity contribution in [2.75, 3.05) is 28.4 Å². The highest BCUT2D eigenvalue weighted by atomic mass is 16.5. The van der Waals surface area contributed by atoms with Crippen molar-refractivity contribution in [3.8, 4) is 40.1 Å². The Morgan fingerprint density at radius 2 is 1.50 bits per heavy atom. The van der Waals surface area contributed by atoms with Crippen molar-refractivity contribution >= 4 is 11.0 Å². The van der Waals surface area contributed by atoms with E-state index in [0.717, 1.165) is 0 Å². The van der Waals surface area contributed by atoms with Gasteiger partial charge >= 0.3 is 0 Å². The van der Waals surface area contributed by atoms with Crippen molar-refractivity contribution in [2.45, 2.75) is 0 Å². The lowest BCUT2D eigenvalue weighted by Gasteiger charge is -2.13. The van der Waals surface area contributed by atoms with Crippen molar-refractivity contribution in [2.24, 2.45) is 0 Å². The number of aromatic hydroxyl groups is 1. The van der Waals surface area contributed by atoms with E-state index in [9.17, 15) is 9.90 Å². The van der Waals surface area contributed by atoms with Crippen LogP contribution in [0.1, 0.15) is 0 Å². The predicted molar refractivity (Wildman–Crippen MR) is 95.8 cm³/mol. The summed E-state index contributed by atoms with van der Waals surface area (Å²) in [7, 11) is 5.94. The molecule has 7 nitrogen and oxygen atoms in total. The lowest BCUT2D eigenvalue weighted by atomic mass is 10.1. The fourth-order valence-electron chi connectivity index (χ4n) is 2.73. The van der Waals surface area contributed by atoms with Crippen LogP contribution < -0.4 is 24.4 Å². The van der Waals surface area contributed by atoms with Gasteiger partial charge in [0.25, 0.3) is 0 Å². The smallest absolute Gasteiger partial charge is 0.235 e. The first-order chi connectivity index (χ1) is 12.5. The molecule has 0 aliphatic heterocycles. The van der Waals surface area contributed by atoms with Crippen molar-refractivity contribution in [1.29, 1.82) is 0 Å². The molecule has 0 bridgehead atoms. The SMILES string of the molecule is COc1ccc(-c2oc3c(OC)c(OC)ccc3c(=O)c2O)cc1OC. The van der Waals surface area contributed by atoms with Gasteiger partial charge in [-0.25, -0.2) is 0 Å². The number of ether oxygens (including phenoxy) is 4. The number of hydrogen-bond acceptors (Lipinski definition) is 7. The monoisotopic (exact) mass is 358 g/mol. The van der Waals surface area contributed by atoms with Crippen LogP contribution in [0.25, 0.3) is 22.3 Å². The number of rotatable bonds is 5. The van der Waals surface area contributed by atoms with Gasteiger partial charge in [-0.3, -0.25) is 4.79 Å². The molecule has 0 aliphatic rings. The molecule has 0 saturated heterocycles. The molecule has 0 aliphatic carbocycles. The maximum absolute atomic E-state index is 12.6. The molecule has 3 aromatic rings. The third-order valence-corrected chi connectivity index (χ3v) is 4.02. The van der Waals surface area contributed by atoms with Gasteiger partial charge < -0.3 is 28.5 Å². The highest BCUT2D eigenvalue weighted by Gasteiger charge is 2.21. The van der Waals surface area contributed by atoms with Crippen LogP contribution in [0, 0.1) is 0 Å². The number of fused-ring (bicyclic) bond motifs is 1. The zero-order valence-corrected chi connectivity index (χ0v) is 14.8. The Hall–Kier alpha value is -3.35. The number of hydrogen-bond donors (Lipinski definition) is 1. The zero-order chi connectivity index (χ0) is 18.8. The van der Waals surface area contributed by atoms with E-state index in [4.69, 9.17) is 23.4 Å². The molecule has 1 heterocycles. The van der Waals surface area contributed by atoms with Crippen LogP contribution in [0.5, 0.6) is 28.7 Å². The van der Waals surface area contributed by atoms with Gasteiger partial charge in [-0.1, -0.05) is 0 Å². The fourth-order valence-corrected chi connectivity index (χ4v) is 2.73. The normalized spacial score (nSPS) is 10.6. The molecule has 1 aromatic heterocycles. The van der Waals surface area contributed by atoms with E-state index in [-0.39, 0.29) is 22.5 Å². The summed E-state index contributed by atoms with van der Waals surface area (Å²) in [5, 5.41) is 10.6. The molecule has 7 heteroatoms. The van der Waals surface area contributed by atoms with Crippen molar-refractivity contribution < 1.29 is 28.5 Å². The molecular weight excluding hydrogens is 340 g/mol. The summed E-state index contributed by atoms with van der Waals surface area (Å²) in [5.74, 6) is 1.12. The van der Waals surface area contributed by atoms with Crippen LogP contribution in [-0.2, 0) is 0 Å². The summed E-state index contributed by atoms with van der Waals surface area (Å²) in [6.07, 6.45) is 0. The van der Waals surface area contributed by atoms with E-state index in [1.54, 1.807) is 24.3 Å². The molecule has 0 unspecified atom stereocenters. The Kier molecular flexibility index (Phi) is 4.62. The lowest BCUT2D eigenvalue weighted by molar-refractivity contribution is 0.352. The van der Waals surface area contributed by atoms with Crippen molar-refractivity contribution in [3.05, 3.63) is 40.6 Å². The molecule has 2 aromatic carbocycles.